The molecule has 0 unspecified atom stereocenters. The zero-order valence-corrected chi connectivity index (χ0v) is 14.6. The van der Waals surface area contributed by atoms with Gasteiger partial charge in [-0.3, -0.25) is 4.79 Å². The Labute approximate surface area is 153 Å². The molecule has 0 radical (unpaired) electrons. The molecule has 0 aliphatic carbocycles. The third kappa shape index (κ3) is 3.22. The average molecular weight is 362 g/mol. The molecule has 4 rings (SSSR count). The first-order valence-electron chi connectivity index (χ1n) is 8.17. The number of carbonyl (C=O) groups excluding carboxylic acids is 1. The summed E-state index contributed by atoms with van der Waals surface area (Å²) in [5.74, 6) is 0.314. The molecule has 0 saturated carbocycles. The van der Waals surface area contributed by atoms with E-state index in [1.54, 1.807) is 18.2 Å². The van der Waals surface area contributed by atoms with Crippen LogP contribution in [0, 0.1) is 6.92 Å². The first kappa shape index (κ1) is 16.7. The quantitative estimate of drug-likeness (QED) is 0.311. The molecule has 2 aromatic heterocycles. The van der Waals surface area contributed by atoms with Crippen molar-refractivity contribution in [3.05, 3.63) is 64.5 Å². The van der Waals surface area contributed by atoms with Gasteiger partial charge < -0.3 is 13.7 Å². The second kappa shape index (κ2) is 6.53. The van der Waals surface area contributed by atoms with Crippen molar-refractivity contribution in [2.45, 2.75) is 13.8 Å². The first-order valence-corrected chi connectivity index (χ1v) is 8.17. The predicted octanol–water partition coefficient (Wildman–Crippen LogP) is 3.74. The molecule has 0 N–H and O–H groups in total. The van der Waals surface area contributed by atoms with Gasteiger partial charge in [0.25, 0.3) is 5.89 Å². The number of nitrogens with zero attached hydrogens (tertiary/aromatic N) is 2. The number of hydrogen-bond donors (Lipinski definition) is 0. The lowest BCUT2D eigenvalue weighted by molar-refractivity contribution is -0.131. The lowest BCUT2D eigenvalue weighted by Gasteiger charge is -2.03. The number of hydrogen-bond acceptors (Lipinski definition) is 7. The van der Waals surface area contributed by atoms with Crippen LogP contribution in [0.2, 0.25) is 0 Å². The Kier molecular flexibility index (Phi) is 4.04. The van der Waals surface area contributed by atoms with Crippen LogP contribution in [0.1, 0.15) is 12.5 Å². The summed E-state index contributed by atoms with van der Waals surface area (Å²) in [6.07, 6.45) is 0. The molecule has 134 valence electrons. The van der Waals surface area contributed by atoms with E-state index in [9.17, 15) is 9.59 Å². The zero-order valence-electron chi connectivity index (χ0n) is 14.6. The van der Waals surface area contributed by atoms with E-state index in [-0.39, 0.29) is 11.5 Å². The van der Waals surface area contributed by atoms with E-state index >= 15 is 0 Å². The number of aromatic nitrogens is 2. The second-order valence-electron chi connectivity index (χ2n) is 5.98. The SMILES string of the molecule is CC(=O)Oc1ccc2cc(-c3nc(-c4ccccc4C)no3)c(=O)oc2c1. The summed E-state index contributed by atoms with van der Waals surface area (Å²) in [4.78, 5) is 27.8. The highest BCUT2D eigenvalue weighted by molar-refractivity contribution is 5.82. The Hall–Kier alpha value is -3.74. The van der Waals surface area contributed by atoms with Crippen LogP contribution >= 0.6 is 0 Å². The van der Waals surface area contributed by atoms with Crippen LogP contribution in [-0.2, 0) is 4.79 Å². The fraction of sp³-hybridized carbons (Fsp3) is 0.100. The number of carbonyl (C=O) groups is 1. The molecule has 0 spiro atoms. The molecule has 0 aliphatic heterocycles. The van der Waals surface area contributed by atoms with Gasteiger partial charge in [-0.1, -0.05) is 29.4 Å². The predicted molar refractivity (Wildman–Crippen MR) is 97.3 cm³/mol. The highest BCUT2D eigenvalue weighted by Crippen LogP contribution is 2.26. The third-order valence-electron chi connectivity index (χ3n) is 4.01. The van der Waals surface area contributed by atoms with Gasteiger partial charge in [-0.25, -0.2) is 4.79 Å². The molecule has 27 heavy (non-hydrogen) atoms. The molecular weight excluding hydrogens is 348 g/mol. The highest BCUT2D eigenvalue weighted by Gasteiger charge is 2.17. The van der Waals surface area contributed by atoms with Gasteiger partial charge in [-0.05, 0) is 30.7 Å². The van der Waals surface area contributed by atoms with Crippen LogP contribution in [0.3, 0.4) is 0 Å². The minimum atomic E-state index is -0.623. The van der Waals surface area contributed by atoms with Gasteiger partial charge in [0.1, 0.15) is 16.9 Å². The number of ether oxygens (including phenoxy) is 1. The molecule has 2 aromatic carbocycles. The van der Waals surface area contributed by atoms with Crippen LogP contribution in [0.25, 0.3) is 33.8 Å². The zero-order chi connectivity index (χ0) is 19.0. The summed E-state index contributed by atoms with van der Waals surface area (Å²) in [5.41, 5.74) is 1.65. The van der Waals surface area contributed by atoms with Gasteiger partial charge in [-0.2, -0.15) is 4.98 Å². The molecule has 0 amide bonds. The third-order valence-corrected chi connectivity index (χ3v) is 4.01. The fourth-order valence-corrected chi connectivity index (χ4v) is 2.74. The molecule has 0 aliphatic rings. The van der Waals surface area contributed by atoms with Crippen LogP contribution in [0.5, 0.6) is 5.75 Å². The van der Waals surface area contributed by atoms with E-state index in [0.29, 0.717) is 22.5 Å². The van der Waals surface area contributed by atoms with Crippen molar-refractivity contribution >= 4 is 16.9 Å². The standard InChI is InChI=1S/C20H14N2O5/c1-11-5-3-4-6-15(11)18-21-19(27-22-18)16-9-13-7-8-14(25-12(2)23)10-17(13)26-20(16)24/h3-10H,1-2H3. The minimum absolute atomic E-state index is 0.0768. The summed E-state index contributed by atoms with van der Waals surface area (Å²) in [5, 5.41) is 4.60. The van der Waals surface area contributed by atoms with Gasteiger partial charge in [0.05, 0.1) is 0 Å². The molecule has 2 heterocycles. The number of benzene rings is 2. The number of aryl methyl sites for hydroxylation is 1. The van der Waals surface area contributed by atoms with Gasteiger partial charge in [0.15, 0.2) is 0 Å². The highest BCUT2D eigenvalue weighted by atomic mass is 16.5. The van der Waals surface area contributed by atoms with Crippen molar-refractivity contribution in [1.29, 1.82) is 0 Å². The fourth-order valence-electron chi connectivity index (χ4n) is 2.74. The monoisotopic (exact) mass is 362 g/mol. The molecule has 7 heteroatoms. The maximum atomic E-state index is 12.4. The number of rotatable bonds is 3. The molecule has 0 atom stereocenters. The average Bonchev–Trinajstić information content (AvgIpc) is 3.10. The van der Waals surface area contributed by atoms with Crippen molar-refractivity contribution in [3.8, 4) is 28.6 Å². The van der Waals surface area contributed by atoms with E-state index in [2.05, 4.69) is 10.1 Å². The summed E-state index contributed by atoms with van der Waals surface area (Å²) < 4.78 is 15.6. The van der Waals surface area contributed by atoms with E-state index in [4.69, 9.17) is 13.7 Å². The van der Waals surface area contributed by atoms with Crippen LogP contribution < -0.4 is 10.4 Å². The smallest absolute Gasteiger partial charge is 0.349 e. The summed E-state index contributed by atoms with van der Waals surface area (Å²) in [7, 11) is 0. The maximum Gasteiger partial charge on any atom is 0.349 e. The van der Waals surface area contributed by atoms with Crippen molar-refractivity contribution in [2.75, 3.05) is 0 Å². The Morgan fingerprint density at radius 1 is 1.07 bits per heavy atom. The Morgan fingerprint density at radius 2 is 1.89 bits per heavy atom. The molecular formula is C20H14N2O5. The number of esters is 1. The minimum Gasteiger partial charge on any atom is -0.427 e. The summed E-state index contributed by atoms with van der Waals surface area (Å²) in [6.45, 7) is 3.24. The van der Waals surface area contributed by atoms with Gasteiger partial charge in [0.2, 0.25) is 5.82 Å². The van der Waals surface area contributed by atoms with Gasteiger partial charge in [0, 0.05) is 23.9 Å². The topological polar surface area (TPSA) is 95.4 Å². The van der Waals surface area contributed by atoms with Crippen LogP contribution in [-0.4, -0.2) is 16.1 Å². The summed E-state index contributed by atoms with van der Waals surface area (Å²) >= 11 is 0. The summed E-state index contributed by atoms with van der Waals surface area (Å²) in [6, 6.07) is 14.0. The van der Waals surface area contributed by atoms with Crippen LogP contribution in [0.4, 0.5) is 0 Å². The molecule has 0 bridgehead atoms. The first-order chi connectivity index (χ1) is 13.0. The van der Waals surface area contributed by atoms with Gasteiger partial charge in [-0.15, -0.1) is 0 Å². The Balaban J connectivity index is 1.76. The van der Waals surface area contributed by atoms with Crippen molar-refractivity contribution < 1.29 is 18.5 Å². The molecule has 7 nitrogen and oxygen atoms in total. The van der Waals surface area contributed by atoms with E-state index in [0.717, 1.165) is 11.1 Å². The van der Waals surface area contributed by atoms with E-state index in [1.165, 1.54) is 13.0 Å². The second-order valence-corrected chi connectivity index (χ2v) is 5.98. The molecule has 0 saturated heterocycles. The lowest BCUT2D eigenvalue weighted by Crippen LogP contribution is -2.04. The van der Waals surface area contributed by atoms with Crippen molar-refractivity contribution in [1.82, 2.24) is 10.1 Å². The molecule has 0 fully saturated rings. The van der Waals surface area contributed by atoms with E-state index in [1.807, 2.05) is 31.2 Å². The largest absolute Gasteiger partial charge is 0.427 e. The Bertz CT molecular complexity index is 1220. The van der Waals surface area contributed by atoms with Crippen molar-refractivity contribution in [3.63, 3.8) is 0 Å². The van der Waals surface area contributed by atoms with E-state index < -0.39 is 11.6 Å². The number of fused-ring (bicyclic) bond motifs is 1. The Morgan fingerprint density at radius 3 is 2.67 bits per heavy atom. The van der Waals surface area contributed by atoms with Crippen molar-refractivity contribution in [2.24, 2.45) is 0 Å². The molecule has 4 aromatic rings. The maximum absolute atomic E-state index is 12.4. The van der Waals surface area contributed by atoms with Gasteiger partial charge >= 0.3 is 11.6 Å². The lowest BCUT2D eigenvalue weighted by atomic mass is 10.1. The van der Waals surface area contributed by atoms with Crippen LogP contribution in [0.15, 0.2) is 62.3 Å². The normalized spacial score (nSPS) is 10.9.